The highest BCUT2D eigenvalue weighted by molar-refractivity contribution is 7.99. The fraction of sp³-hybridized carbons (Fsp3) is 0.333. The van der Waals surface area contributed by atoms with Gasteiger partial charge in [-0.25, -0.2) is 0 Å². The molecule has 0 saturated carbocycles. The summed E-state index contributed by atoms with van der Waals surface area (Å²) >= 11 is 7.25. The molecular weight excluding hydrogens is 386 g/mol. The van der Waals surface area contributed by atoms with Crippen LogP contribution in [-0.2, 0) is 9.53 Å². The Balaban J connectivity index is 1.43. The highest BCUT2D eigenvalue weighted by Gasteiger charge is 2.17. The van der Waals surface area contributed by atoms with Gasteiger partial charge in [-0.3, -0.25) is 4.79 Å². The van der Waals surface area contributed by atoms with Gasteiger partial charge in [0.15, 0.2) is 5.65 Å². The lowest BCUT2D eigenvalue weighted by molar-refractivity contribution is -0.119. The first-order valence-electron chi connectivity index (χ1n) is 8.68. The van der Waals surface area contributed by atoms with Crippen LogP contribution in [0.3, 0.4) is 0 Å². The molecule has 0 radical (unpaired) electrons. The van der Waals surface area contributed by atoms with Crippen molar-refractivity contribution < 1.29 is 9.53 Å². The molecule has 3 aromatic rings. The van der Waals surface area contributed by atoms with E-state index in [2.05, 4.69) is 20.6 Å². The van der Waals surface area contributed by atoms with Gasteiger partial charge in [-0.15, -0.1) is 10.2 Å². The van der Waals surface area contributed by atoms with Crippen LogP contribution >= 0.6 is 23.4 Å². The first-order valence-corrected chi connectivity index (χ1v) is 10.0. The van der Waals surface area contributed by atoms with Crippen LogP contribution in [0.1, 0.15) is 12.8 Å². The lowest BCUT2D eigenvalue weighted by Gasteiger charge is -2.10. The van der Waals surface area contributed by atoms with Crippen LogP contribution in [0.25, 0.3) is 16.9 Å². The molecule has 1 amide bonds. The van der Waals surface area contributed by atoms with Gasteiger partial charge in [-0.05, 0) is 37.1 Å². The van der Waals surface area contributed by atoms with Crippen LogP contribution in [0.5, 0.6) is 0 Å². The van der Waals surface area contributed by atoms with E-state index >= 15 is 0 Å². The van der Waals surface area contributed by atoms with Crippen molar-refractivity contribution in [1.29, 1.82) is 0 Å². The molecule has 0 aliphatic carbocycles. The van der Waals surface area contributed by atoms with E-state index < -0.39 is 0 Å². The van der Waals surface area contributed by atoms with Crippen molar-refractivity contribution in [1.82, 2.24) is 25.1 Å². The minimum absolute atomic E-state index is 0.0545. The molecule has 1 saturated heterocycles. The Morgan fingerprint density at radius 2 is 2.11 bits per heavy atom. The molecule has 1 aliphatic heterocycles. The summed E-state index contributed by atoms with van der Waals surface area (Å²) in [6.07, 6.45) is 2.19. The molecule has 4 rings (SSSR count). The molecule has 27 heavy (non-hydrogen) atoms. The fourth-order valence-corrected chi connectivity index (χ4v) is 3.69. The van der Waals surface area contributed by atoms with Crippen molar-refractivity contribution in [2.24, 2.45) is 0 Å². The zero-order valence-electron chi connectivity index (χ0n) is 14.5. The molecule has 1 aliphatic rings. The molecule has 0 bridgehead atoms. The molecule has 7 nitrogen and oxygen atoms in total. The number of rotatable bonds is 6. The Labute approximate surface area is 165 Å². The van der Waals surface area contributed by atoms with Crippen molar-refractivity contribution >= 4 is 34.9 Å². The number of halogens is 1. The van der Waals surface area contributed by atoms with Crippen LogP contribution in [0.15, 0.2) is 41.6 Å². The number of hydrogen-bond donors (Lipinski definition) is 1. The number of carbonyl (C=O) groups is 1. The van der Waals surface area contributed by atoms with Gasteiger partial charge < -0.3 is 10.1 Å². The second-order valence-corrected chi connectivity index (χ2v) is 7.58. The van der Waals surface area contributed by atoms with Gasteiger partial charge in [0, 0.05) is 23.7 Å². The summed E-state index contributed by atoms with van der Waals surface area (Å²) in [5.74, 6) is 0.196. The molecule has 3 heterocycles. The minimum atomic E-state index is -0.0545. The maximum atomic E-state index is 12.1. The molecule has 0 spiro atoms. The van der Waals surface area contributed by atoms with Crippen LogP contribution in [0.2, 0.25) is 5.02 Å². The van der Waals surface area contributed by atoms with Gasteiger partial charge in [0.25, 0.3) is 0 Å². The van der Waals surface area contributed by atoms with Crippen molar-refractivity contribution in [2.45, 2.75) is 24.1 Å². The van der Waals surface area contributed by atoms with E-state index in [1.54, 1.807) is 4.52 Å². The van der Waals surface area contributed by atoms with E-state index in [4.69, 9.17) is 16.3 Å². The van der Waals surface area contributed by atoms with E-state index in [1.807, 2.05) is 36.4 Å². The largest absolute Gasteiger partial charge is 0.376 e. The zero-order chi connectivity index (χ0) is 18.6. The Morgan fingerprint density at radius 1 is 1.26 bits per heavy atom. The number of carbonyl (C=O) groups excluding carboxylic acids is 1. The van der Waals surface area contributed by atoms with Crippen LogP contribution in [0, 0.1) is 0 Å². The van der Waals surface area contributed by atoms with Crippen molar-refractivity contribution in [3.63, 3.8) is 0 Å². The van der Waals surface area contributed by atoms with E-state index in [-0.39, 0.29) is 17.8 Å². The maximum absolute atomic E-state index is 12.1. The Kier molecular flexibility index (Phi) is 5.56. The Morgan fingerprint density at radius 3 is 2.89 bits per heavy atom. The third kappa shape index (κ3) is 4.40. The van der Waals surface area contributed by atoms with E-state index in [9.17, 15) is 4.79 Å². The normalized spacial score (nSPS) is 16.7. The maximum Gasteiger partial charge on any atom is 0.230 e. The number of thioether (sulfide) groups is 1. The number of benzene rings is 1. The summed E-state index contributed by atoms with van der Waals surface area (Å²) in [5.41, 5.74) is 2.36. The lowest BCUT2D eigenvalue weighted by atomic mass is 10.1. The van der Waals surface area contributed by atoms with E-state index in [1.165, 1.54) is 11.8 Å². The Bertz CT molecular complexity index is 941. The molecule has 2 aromatic heterocycles. The highest BCUT2D eigenvalue weighted by Crippen LogP contribution is 2.22. The first kappa shape index (κ1) is 18.2. The number of nitrogens with zero attached hydrogens (tertiary/aromatic N) is 4. The summed E-state index contributed by atoms with van der Waals surface area (Å²) in [6, 6.07) is 11.2. The zero-order valence-corrected chi connectivity index (χ0v) is 16.0. The van der Waals surface area contributed by atoms with Crippen LogP contribution in [0.4, 0.5) is 0 Å². The van der Waals surface area contributed by atoms with Crippen molar-refractivity contribution in [3.05, 3.63) is 41.4 Å². The van der Waals surface area contributed by atoms with Gasteiger partial charge in [-0.1, -0.05) is 35.5 Å². The van der Waals surface area contributed by atoms with Gasteiger partial charge in [0.1, 0.15) is 0 Å². The predicted octanol–water partition coefficient (Wildman–Crippen LogP) is 2.83. The van der Waals surface area contributed by atoms with Gasteiger partial charge in [-0.2, -0.15) is 9.61 Å². The quantitative estimate of drug-likeness (QED) is 0.637. The first-order chi connectivity index (χ1) is 13.2. The topological polar surface area (TPSA) is 81.4 Å². The summed E-state index contributed by atoms with van der Waals surface area (Å²) in [7, 11) is 0. The molecule has 0 unspecified atom stereocenters. The highest BCUT2D eigenvalue weighted by atomic mass is 35.5. The Hall–Kier alpha value is -2.16. The molecule has 1 atom stereocenters. The number of nitrogens with one attached hydrogen (secondary N) is 1. The SMILES string of the molecule is O=C(CSc1nnc2ccc(-c3ccc(Cl)cc3)nn12)NC[C@@H]1CCCO1. The molecule has 1 aromatic carbocycles. The third-order valence-corrected chi connectivity index (χ3v) is 5.43. The van der Waals surface area contributed by atoms with Crippen molar-refractivity contribution in [3.8, 4) is 11.3 Å². The summed E-state index contributed by atoms with van der Waals surface area (Å²) < 4.78 is 7.16. The second-order valence-electron chi connectivity index (χ2n) is 6.21. The molecule has 1 N–H and O–H groups in total. The third-order valence-electron chi connectivity index (χ3n) is 4.26. The van der Waals surface area contributed by atoms with Crippen molar-refractivity contribution in [2.75, 3.05) is 18.9 Å². The number of amides is 1. The number of hydrogen-bond acceptors (Lipinski definition) is 6. The van der Waals surface area contributed by atoms with Gasteiger partial charge in [0.05, 0.1) is 17.6 Å². The second kappa shape index (κ2) is 8.24. The molecule has 140 valence electrons. The smallest absolute Gasteiger partial charge is 0.230 e. The van der Waals surface area contributed by atoms with Gasteiger partial charge >= 0.3 is 0 Å². The van der Waals surface area contributed by atoms with E-state index in [0.717, 1.165) is 30.7 Å². The van der Waals surface area contributed by atoms with Crippen LogP contribution < -0.4 is 5.32 Å². The number of aromatic nitrogens is 4. The van der Waals surface area contributed by atoms with Crippen LogP contribution in [-0.4, -0.2) is 50.7 Å². The molecule has 9 heteroatoms. The van der Waals surface area contributed by atoms with Gasteiger partial charge in [0.2, 0.25) is 11.1 Å². The average molecular weight is 404 g/mol. The molecule has 1 fully saturated rings. The summed E-state index contributed by atoms with van der Waals surface area (Å²) in [4.78, 5) is 12.1. The minimum Gasteiger partial charge on any atom is -0.376 e. The summed E-state index contributed by atoms with van der Waals surface area (Å²) in [6.45, 7) is 1.33. The predicted molar refractivity (Wildman–Crippen MR) is 104 cm³/mol. The molecular formula is C18H18ClN5O2S. The lowest BCUT2D eigenvalue weighted by Crippen LogP contribution is -2.32. The fourth-order valence-electron chi connectivity index (χ4n) is 2.85. The monoisotopic (exact) mass is 403 g/mol. The average Bonchev–Trinajstić information content (AvgIpc) is 3.34. The number of fused-ring (bicyclic) bond motifs is 1. The summed E-state index contributed by atoms with van der Waals surface area (Å²) in [5, 5.41) is 17.0. The van der Waals surface area contributed by atoms with E-state index in [0.29, 0.717) is 22.4 Å². The number of ether oxygens (including phenoxy) is 1. The standard InChI is InChI=1S/C18H18ClN5O2S/c19-13-5-3-12(4-6-13)15-7-8-16-21-22-18(24(16)23-15)27-11-17(25)20-10-14-2-1-9-26-14/h3-8,14H,1-2,9-11H2,(H,20,25)/t14-/m0/s1.